The molecule has 0 saturated carbocycles. The van der Waals surface area contributed by atoms with Gasteiger partial charge in [0.05, 0.1) is 0 Å². The highest BCUT2D eigenvalue weighted by Crippen LogP contribution is 2.18. The summed E-state index contributed by atoms with van der Waals surface area (Å²) in [5.41, 5.74) is 3.00. The van der Waals surface area contributed by atoms with Gasteiger partial charge in [-0.15, -0.1) is 0 Å². The highest BCUT2D eigenvalue weighted by molar-refractivity contribution is 6.06. The predicted molar refractivity (Wildman–Crippen MR) is 93.4 cm³/mol. The second-order valence-corrected chi connectivity index (χ2v) is 6.09. The van der Waals surface area contributed by atoms with Crippen LogP contribution in [0.4, 0.5) is 5.69 Å². The molecule has 22 heavy (non-hydrogen) atoms. The Hall–Kier alpha value is -2.09. The normalized spacial score (nSPS) is 10.7. The number of carbonyl (C=O) groups excluding carboxylic acids is 1. The van der Waals surface area contributed by atoms with Gasteiger partial charge < -0.3 is 4.90 Å². The first-order valence-corrected chi connectivity index (χ1v) is 8.07. The second-order valence-electron chi connectivity index (χ2n) is 6.09. The molecular weight excluding hydrogens is 270 g/mol. The maximum absolute atomic E-state index is 12.8. The zero-order valence-corrected chi connectivity index (χ0v) is 13.8. The Morgan fingerprint density at radius 2 is 1.64 bits per heavy atom. The van der Waals surface area contributed by atoms with E-state index in [1.807, 2.05) is 47.4 Å². The summed E-state index contributed by atoms with van der Waals surface area (Å²) in [5, 5.41) is 0. The SMILES string of the molecule is CCCN(C(=O)c1ccc(CC(C)C)cc1)c1ccccc1. The Labute approximate surface area is 133 Å². The lowest BCUT2D eigenvalue weighted by atomic mass is 10.0. The topological polar surface area (TPSA) is 20.3 Å². The van der Waals surface area contributed by atoms with E-state index in [-0.39, 0.29) is 5.91 Å². The Bertz CT molecular complexity index is 587. The van der Waals surface area contributed by atoms with E-state index in [0.717, 1.165) is 30.6 Å². The van der Waals surface area contributed by atoms with Crippen molar-refractivity contribution in [2.24, 2.45) is 5.92 Å². The molecule has 0 heterocycles. The number of benzene rings is 2. The number of amides is 1. The third-order valence-corrected chi connectivity index (χ3v) is 3.61. The molecule has 0 unspecified atom stereocenters. The van der Waals surface area contributed by atoms with Gasteiger partial charge in [0.1, 0.15) is 0 Å². The lowest BCUT2D eigenvalue weighted by Gasteiger charge is -2.22. The molecule has 2 heteroatoms. The van der Waals surface area contributed by atoms with E-state index in [4.69, 9.17) is 0 Å². The van der Waals surface area contributed by atoms with Gasteiger partial charge in [-0.25, -0.2) is 0 Å². The molecular formula is C20H25NO. The predicted octanol–water partition coefficient (Wildman–Crippen LogP) is 4.94. The molecule has 0 aliphatic heterocycles. The molecule has 0 aliphatic rings. The van der Waals surface area contributed by atoms with Crippen molar-refractivity contribution < 1.29 is 4.79 Å². The summed E-state index contributed by atoms with van der Waals surface area (Å²) in [6, 6.07) is 17.9. The van der Waals surface area contributed by atoms with Gasteiger partial charge in [-0.2, -0.15) is 0 Å². The smallest absolute Gasteiger partial charge is 0.258 e. The molecule has 2 rings (SSSR count). The summed E-state index contributed by atoms with van der Waals surface area (Å²) >= 11 is 0. The summed E-state index contributed by atoms with van der Waals surface area (Å²) in [4.78, 5) is 14.7. The van der Waals surface area contributed by atoms with Crippen LogP contribution in [0.25, 0.3) is 0 Å². The van der Waals surface area contributed by atoms with Gasteiger partial charge in [-0.1, -0.05) is 51.1 Å². The van der Waals surface area contributed by atoms with Crippen LogP contribution in [0.5, 0.6) is 0 Å². The fourth-order valence-electron chi connectivity index (χ4n) is 2.59. The summed E-state index contributed by atoms with van der Waals surface area (Å²) in [5.74, 6) is 0.701. The van der Waals surface area contributed by atoms with E-state index in [0.29, 0.717) is 5.92 Å². The zero-order valence-electron chi connectivity index (χ0n) is 13.8. The number of para-hydroxylation sites is 1. The minimum Gasteiger partial charge on any atom is -0.308 e. The van der Waals surface area contributed by atoms with Crippen molar-refractivity contribution in [1.82, 2.24) is 0 Å². The fraction of sp³-hybridized carbons (Fsp3) is 0.350. The molecule has 2 aromatic rings. The molecule has 0 bridgehead atoms. The largest absolute Gasteiger partial charge is 0.308 e. The van der Waals surface area contributed by atoms with Crippen LogP contribution < -0.4 is 4.90 Å². The van der Waals surface area contributed by atoms with Gasteiger partial charge in [-0.05, 0) is 48.6 Å². The molecule has 0 fully saturated rings. The third kappa shape index (κ3) is 4.20. The minimum atomic E-state index is 0.0733. The van der Waals surface area contributed by atoms with E-state index in [9.17, 15) is 4.79 Å². The van der Waals surface area contributed by atoms with Gasteiger partial charge in [0, 0.05) is 17.8 Å². The number of nitrogens with zero attached hydrogens (tertiary/aromatic N) is 1. The first-order valence-electron chi connectivity index (χ1n) is 8.07. The van der Waals surface area contributed by atoms with Crippen LogP contribution in [0.2, 0.25) is 0 Å². The maximum atomic E-state index is 12.8. The van der Waals surface area contributed by atoms with Crippen molar-refractivity contribution in [1.29, 1.82) is 0 Å². The van der Waals surface area contributed by atoms with Gasteiger partial charge in [0.25, 0.3) is 5.91 Å². The summed E-state index contributed by atoms with van der Waals surface area (Å²) < 4.78 is 0. The highest BCUT2D eigenvalue weighted by atomic mass is 16.2. The molecule has 0 N–H and O–H groups in total. The molecule has 2 aromatic carbocycles. The van der Waals surface area contributed by atoms with Crippen LogP contribution in [0.15, 0.2) is 54.6 Å². The molecule has 1 amide bonds. The van der Waals surface area contributed by atoms with E-state index in [2.05, 4.69) is 32.9 Å². The van der Waals surface area contributed by atoms with Crippen LogP contribution in [-0.4, -0.2) is 12.5 Å². The molecule has 0 saturated heterocycles. The molecule has 0 radical (unpaired) electrons. The number of hydrogen-bond acceptors (Lipinski definition) is 1. The average molecular weight is 295 g/mol. The maximum Gasteiger partial charge on any atom is 0.258 e. The minimum absolute atomic E-state index is 0.0733. The van der Waals surface area contributed by atoms with Crippen molar-refractivity contribution in [3.8, 4) is 0 Å². The number of rotatable bonds is 6. The number of carbonyl (C=O) groups is 1. The van der Waals surface area contributed by atoms with Crippen molar-refractivity contribution in [3.63, 3.8) is 0 Å². The van der Waals surface area contributed by atoms with E-state index in [1.165, 1.54) is 5.56 Å². The fourth-order valence-corrected chi connectivity index (χ4v) is 2.59. The Morgan fingerprint density at radius 1 is 1.00 bits per heavy atom. The average Bonchev–Trinajstić information content (AvgIpc) is 2.53. The Balaban J connectivity index is 2.20. The third-order valence-electron chi connectivity index (χ3n) is 3.61. The van der Waals surface area contributed by atoms with E-state index < -0.39 is 0 Å². The summed E-state index contributed by atoms with van der Waals surface area (Å²) in [6.07, 6.45) is 1.98. The highest BCUT2D eigenvalue weighted by Gasteiger charge is 2.16. The quantitative estimate of drug-likeness (QED) is 0.739. The zero-order chi connectivity index (χ0) is 15.9. The Morgan fingerprint density at radius 3 is 2.18 bits per heavy atom. The van der Waals surface area contributed by atoms with Gasteiger partial charge in [0.2, 0.25) is 0 Å². The second kappa shape index (κ2) is 7.79. The number of anilines is 1. The van der Waals surface area contributed by atoms with E-state index in [1.54, 1.807) is 0 Å². The van der Waals surface area contributed by atoms with Gasteiger partial charge in [0.15, 0.2) is 0 Å². The lowest BCUT2D eigenvalue weighted by molar-refractivity contribution is 0.0987. The number of hydrogen-bond donors (Lipinski definition) is 0. The van der Waals surface area contributed by atoms with Crippen molar-refractivity contribution >= 4 is 11.6 Å². The molecule has 2 nitrogen and oxygen atoms in total. The van der Waals surface area contributed by atoms with E-state index >= 15 is 0 Å². The molecule has 0 spiro atoms. The first-order chi connectivity index (χ1) is 10.6. The van der Waals surface area contributed by atoms with Crippen molar-refractivity contribution in [2.75, 3.05) is 11.4 Å². The van der Waals surface area contributed by atoms with Crippen molar-refractivity contribution in [2.45, 2.75) is 33.6 Å². The standard InChI is InChI=1S/C20H25NO/c1-4-14-21(19-8-6-5-7-9-19)20(22)18-12-10-17(11-13-18)15-16(2)3/h5-13,16H,4,14-15H2,1-3H3. The monoisotopic (exact) mass is 295 g/mol. The summed E-state index contributed by atoms with van der Waals surface area (Å²) in [7, 11) is 0. The first kappa shape index (κ1) is 16.3. The molecule has 0 atom stereocenters. The van der Waals surface area contributed by atoms with Crippen LogP contribution in [-0.2, 0) is 6.42 Å². The van der Waals surface area contributed by atoms with Crippen LogP contribution >= 0.6 is 0 Å². The van der Waals surface area contributed by atoms with Gasteiger partial charge >= 0.3 is 0 Å². The van der Waals surface area contributed by atoms with Gasteiger partial charge in [-0.3, -0.25) is 4.79 Å². The lowest BCUT2D eigenvalue weighted by Crippen LogP contribution is -2.31. The van der Waals surface area contributed by atoms with Crippen molar-refractivity contribution in [3.05, 3.63) is 65.7 Å². The molecule has 0 aromatic heterocycles. The van der Waals surface area contributed by atoms with Crippen LogP contribution in [0.3, 0.4) is 0 Å². The molecule has 116 valence electrons. The Kier molecular flexibility index (Phi) is 5.76. The van der Waals surface area contributed by atoms with Crippen LogP contribution in [0.1, 0.15) is 43.1 Å². The molecule has 0 aliphatic carbocycles. The van der Waals surface area contributed by atoms with Crippen LogP contribution in [0, 0.1) is 5.92 Å². The summed E-state index contributed by atoms with van der Waals surface area (Å²) in [6.45, 7) is 7.24.